The summed E-state index contributed by atoms with van der Waals surface area (Å²) in [5, 5.41) is 9.50. The molecule has 1 N–H and O–H groups in total. The minimum absolute atomic E-state index is 0.0377. The lowest BCUT2D eigenvalue weighted by molar-refractivity contribution is -0.139. The summed E-state index contributed by atoms with van der Waals surface area (Å²) in [4.78, 5) is 18.6. The Morgan fingerprint density at radius 1 is 1.12 bits per heavy atom. The average molecular weight is 566 g/mol. The van der Waals surface area contributed by atoms with Gasteiger partial charge in [-0.3, -0.25) is 4.90 Å². The minimum Gasteiger partial charge on any atom is -0.488 e. The third-order valence-corrected chi connectivity index (χ3v) is 7.83. The van der Waals surface area contributed by atoms with E-state index in [9.17, 15) is 23.1 Å². The number of nitrogens with zero attached hydrogens (tertiary/aromatic N) is 3. The summed E-state index contributed by atoms with van der Waals surface area (Å²) in [7, 11) is 0. The summed E-state index contributed by atoms with van der Waals surface area (Å²) < 4.78 is 55.3. The van der Waals surface area contributed by atoms with Gasteiger partial charge in [0.2, 0.25) is 0 Å². The maximum atomic E-state index is 14.0. The van der Waals surface area contributed by atoms with Crippen molar-refractivity contribution in [1.29, 1.82) is 0 Å². The van der Waals surface area contributed by atoms with Gasteiger partial charge in [-0.1, -0.05) is 29.8 Å². The second-order valence-electron chi connectivity index (χ2n) is 10.8. The van der Waals surface area contributed by atoms with Crippen molar-refractivity contribution in [2.75, 3.05) is 13.2 Å². The van der Waals surface area contributed by atoms with Gasteiger partial charge in [-0.15, -0.1) is 0 Å². The van der Waals surface area contributed by atoms with Crippen molar-refractivity contribution in [3.05, 3.63) is 93.8 Å². The first-order valence-corrected chi connectivity index (χ1v) is 13.6. The number of rotatable bonds is 8. The van der Waals surface area contributed by atoms with Crippen LogP contribution in [0.2, 0.25) is 0 Å². The molecule has 0 amide bonds. The van der Waals surface area contributed by atoms with Crippen LogP contribution in [0.5, 0.6) is 5.75 Å². The van der Waals surface area contributed by atoms with Gasteiger partial charge in [-0.05, 0) is 66.8 Å². The number of halogens is 3. The number of carboxylic acid groups (broad SMARTS) is 1. The van der Waals surface area contributed by atoms with Crippen molar-refractivity contribution in [2.45, 2.75) is 58.3 Å². The van der Waals surface area contributed by atoms with Crippen molar-refractivity contribution in [2.24, 2.45) is 0 Å². The van der Waals surface area contributed by atoms with Gasteiger partial charge < -0.3 is 19.1 Å². The highest BCUT2D eigenvalue weighted by molar-refractivity contribution is 5.92. The van der Waals surface area contributed by atoms with Gasteiger partial charge in [0.1, 0.15) is 18.2 Å². The van der Waals surface area contributed by atoms with E-state index in [1.807, 2.05) is 35.8 Å². The second kappa shape index (κ2) is 10.8. The molecule has 41 heavy (non-hydrogen) atoms. The summed E-state index contributed by atoms with van der Waals surface area (Å²) in [5.74, 6) is -0.411. The van der Waals surface area contributed by atoms with Crippen LogP contribution in [0.1, 0.15) is 50.4 Å². The van der Waals surface area contributed by atoms with Crippen LogP contribution >= 0.6 is 0 Å². The van der Waals surface area contributed by atoms with E-state index in [4.69, 9.17) is 14.5 Å². The van der Waals surface area contributed by atoms with Crippen LogP contribution in [0.4, 0.5) is 13.2 Å². The number of alkyl halides is 3. The summed E-state index contributed by atoms with van der Waals surface area (Å²) in [6.07, 6.45) is -3.11. The third-order valence-electron chi connectivity index (χ3n) is 7.83. The minimum atomic E-state index is -4.53. The molecule has 0 spiro atoms. The summed E-state index contributed by atoms with van der Waals surface area (Å²) in [6.45, 7) is 4.72. The smallest absolute Gasteiger partial charge is 0.419 e. The predicted molar refractivity (Wildman–Crippen MR) is 146 cm³/mol. The van der Waals surface area contributed by atoms with Crippen LogP contribution in [-0.4, -0.2) is 44.8 Å². The molecule has 1 atom stereocenters. The van der Waals surface area contributed by atoms with E-state index in [2.05, 4.69) is 4.90 Å². The zero-order chi connectivity index (χ0) is 28.7. The molecule has 0 radical (unpaired) electrons. The highest BCUT2D eigenvalue weighted by Gasteiger charge is 2.36. The van der Waals surface area contributed by atoms with Gasteiger partial charge >= 0.3 is 12.1 Å². The number of hydrogen-bond acceptors (Lipinski definition) is 5. The number of hydrogen-bond donors (Lipinski definition) is 1. The van der Waals surface area contributed by atoms with Crippen molar-refractivity contribution in [3.8, 4) is 5.75 Å². The highest BCUT2D eigenvalue weighted by Crippen LogP contribution is 2.40. The Balaban J connectivity index is 1.27. The molecule has 214 valence electrons. The highest BCUT2D eigenvalue weighted by atomic mass is 19.4. The zero-order valence-electron chi connectivity index (χ0n) is 22.6. The zero-order valence-corrected chi connectivity index (χ0v) is 22.6. The maximum absolute atomic E-state index is 14.0. The number of imidazole rings is 1. The van der Waals surface area contributed by atoms with Gasteiger partial charge in [0.15, 0.2) is 0 Å². The van der Waals surface area contributed by atoms with Crippen molar-refractivity contribution in [1.82, 2.24) is 14.5 Å². The summed E-state index contributed by atoms with van der Waals surface area (Å²) in [6, 6.07) is 15.2. The average Bonchev–Trinajstić information content (AvgIpc) is 3.25. The van der Waals surface area contributed by atoms with Crippen LogP contribution in [0.3, 0.4) is 0 Å². The lowest BCUT2D eigenvalue weighted by Crippen LogP contribution is -2.34. The molecule has 10 heteroatoms. The topological polar surface area (TPSA) is 76.8 Å². The van der Waals surface area contributed by atoms with Crippen molar-refractivity contribution in [3.63, 3.8) is 0 Å². The fourth-order valence-electron chi connectivity index (χ4n) is 5.43. The number of aromatic nitrogens is 2. The third kappa shape index (κ3) is 5.80. The molecule has 3 aromatic carbocycles. The molecule has 0 bridgehead atoms. The van der Waals surface area contributed by atoms with Crippen LogP contribution < -0.4 is 4.74 Å². The SMILES string of the molecule is Cc1ccc(COc2cc3c(cc2C(F)(F)F)CCN(Cc2nc4ccc(C(=O)O)cc4n2C[C@@H]2CCO2)C3)cc1. The van der Waals surface area contributed by atoms with E-state index in [1.165, 1.54) is 12.1 Å². The Labute approximate surface area is 235 Å². The number of carbonyl (C=O) groups is 1. The molecular weight excluding hydrogens is 535 g/mol. The first-order chi connectivity index (χ1) is 19.6. The molecule has 1 aromatic heterocycles. The maximum Gasteiger partial charge on any atom is 0.419 e. The lowest BCUT2D eigenvalue weighted by atomic mass is 9.96. The van der Waals surface area contributed by atoms with Gasteiger partial charge in [0, 0.05) is 19.7 Å². The summed E-state index contributed by atoms with van der Waals surface area (Å²) >= 11 is 0. The Bertz CT molecular complexity index is 1590. The molecule has 1 fully saturated rings. The number of aryl methyl sites for hydroxylation is 1. The standard InChI is InChI=1S/C31H30F3N3O4/c1-19-2-4-20(5-3-19)18-41-28-14-23-15-36(10-8-21(23)12-25(28)31(32,33)34)17-29-35-26-7-6-22(30(38)39)13-27(26)37(29)16-24-9-11-40-24/h2-7,12-14,24H,8-11,15-18H2,1H3,(H,38,39)/t24-/m0/s1. The lowest BCUT2D eigenvalue weighted by Gasteiger charge is -2.31. The van der Waals surface area contributed by atoms with Gasteiger partial charge in [-0.25, -0.2) is 9.78 Å². The Hall–Kier alpha value is -3.89. The van der Waals surface area contributed by atoms with Gasteiger partial charge in [-0.2, -0.15) is 13.2 Å². The van der Waals surface area contributed by atoms with Crippen molar-refractivity contribution >= 4 is 17.0 Å². The Morgan fingerprint density at radius 2 is 1.90 bits per heavy atom. The molecular formula is C31H30F3N3O4. The largest absolute Gasteiger partial charge is 0.488 e. The fourth-order valence-corrected chi connectivity index (χ4v) is 5.43. The monoisotopic (exact) mass is 565 g/mol. The van der Waals surface area contributed by atoms with Crippen molar-refractivity contribution < 1.29 is 32.5 Å². The number of fused-ring (bicyclic) bond motifs is 2. The number of aromatic carboxylic acids is 1. The quantitative estimate of drug-likeness (QED) is 0.283. The Kier molecular flexibility index (Phi) is 7.21. The molecule has 4 aromatic rings. The number of carboxylic acids is 1. The molecule has 1 saturated heterocycles. The number of ether oxygens (including phenoxy) is 2. The predicted octanol–water partition coefficient (Wildman–Crippen LogP) is 5.99. The molecule has 2 aliphatic rings. The molecule has 6 rings (SSSR count). The molecule has 3 heterocycles. The first kappa shape index (κ1) is 27.3. The van der Waals surface area contributed by atoms with E-state index in [-0.39, 0.29) is 24.0 Å². The van der Waals surface area contributed by atoms with Crippen LogP contribution in [0, 0.1) is 6.92 Å². The normalized spacial score (nSPS) is 17.3. The number of benzene rings is 3. The van der Waals surface area contributed by atoms with E-state index in [1.54, 1.807) is 18.2 Å². The summed E-state index contributed by atoms with van der Waals surface area (Å²) in [5.41, 5.74) is 4.18. The van der Waals surface area contributed by atoms with Gasteiger partial charge in [0.05, 0.1) is 41.4 Å². The molecule has 0 unspecified atom stereocenters. The molecule has 7 nitrogen and oxygen atoms in total. The van der Waals surface area contributed by atoms with Crippen LogP contribution in [-0.2, 0) is 43.6 Å². The molecule has 0 aliphatic carbocycles. The molecule has 2 aliphatic heterocycles. The first-order valence-electron chi connectivity index (χ1n) is 13.6. The fraction of sp³-hybridized carbons (Fsp3) is 0.355. The van der Waals surface area contributed by atoms with E-state index >= 15 is 0 Å². The van der Waals surface area contributed by atoms with Crippen LogP contribution in [0.15, 0.2) is 54.6 Å². The van der Waals surface area contributed by atoms with E-state index < -0.39 is 17.7 Å². The second-order valence-corrected chi connectivity index (χ2v) is 10.8. The van der Waals surface area contributed by atoms with Crippen LogP contribution in [0.25, 0.3) is 11.0 Å². The Morgan fingerprint density at radius 3 is 2.59 bits per heavy atom. The van der Waals surface area contributed by atoms with E-state index in [0.29, 0.717) is 50.3 Å². The van der Waals surface area contributed by atoms with Gasteiger partial charge in [0.25, 0.3) is 0 Å². The molecule has 0 saturated carbocycles. The van der Waals surface area contributed by atoms with E-state index in [0.717, 1.165) is 34.5 Å².